The first-order chi connectivity index (χ1) is 6.61. The number of nitrogens with one attached hydrogen (secondary N) is 1. The molecule has 0 heterocycles. The van der Waals surface area contributed by atoms with Gasteiger partial charge in [-0.2, -0.15) is 0 Å². The highest BCUT2D eigenvalue weighted by Gasteiger charge is 2.06. The lowest BCUT2D eigenvalue weighted by Crippen LogP contribution is -2.16. The summed E-state index contributed by atoms with van der Waals surface area (Å²) in [5.74, 6) is -1.40. The van der Waals surface area contributed by atoms with Crippen molar-refractivity contribution < 1.29 is 14.7 Å². The molecule has 0 rings (SSSR count). The van der Waals surface area contributed by atoms with E-state index in [1.165, 1.54) is 6.20 Å². The first-order valence-corrected chi connectivity index (χ1v) is 4.47. The van der Waals surface area contributed by atoms with Crippen molar-refractivity contribution in [2.24, 2.45) is 0 Å². The normalized spacial score (nSPS) is 10.8. The minimum Gasteiger partial charge on any atom is -0.478 e. The number of carboxylic acid groups (broad SMARTS) is 1. The molecule has 0 spiro atoms. The zero-order valence-electron chi connectivity index (χ0n) is 8.25. The van der Waals surface area contributed by atoms with E-state index in [1.807, 2.05) is 6.92 Å². The number of hydrogen-bond donors (Lipinski definition) is 2. The second-order valence-corrected chi connectivity index (χ2v) is 2.79. The SMILES string of the molecule is C=CC(=O)NC=C(CCCC)C(=O)O. The lowest BCUT2D eigenvalue weighted by atomic mass is 10.1. The molecule has 0 aliphatic heterocycles. The number of hydrogen-bond acceptors (Lipinski definition) is 2. The maximum absolute atomic E-state index is 10.7. The molecule has 0 fully saturated rings. The van der Waals surface area contributed by atoms with Crippen molar-refractivity contribution in [3.05, 3.63) is 24.4 Å². The Morgan fingerprint density at radius 1 is 1.50 bits per heavy atom. The van der Waals surface area contributed by atoms with Gasteiger partial charge in [-0.15, -0.1) is 0 Å². The van der Waals surface area contributed by atoms with Gasteiger partial charge in [0, 0.05) is 6.20 Å². The van der Waals surface area contributed by atoms with Gasteiger partial charge in [-0.1, -0.05) is 19.9 Å². The first-order valence-electron chi connectivity index (χ1n) is 4.47. The highest BCUT2D eigenvalue weighted by molar-refractivity contribution is 5.90. The lowest BCUT2D eigenvalue weighted by molar-refractivity contribution is -0.132. The Balaban J connectivity index is 4.25. The molecule has 0 bridgehead atoms. The molecule has 0 aromatic carbocycles. The van der Waals surface area contributed by atoms with E-state index in [0.717, 1.165) is 18.9 Å². The number of unbranched alkanes of at least 4 members (excludes halogenated alkanes) is 1. The van der Waals surface area contributed by atoms with Crippen LogP contribution in [0, 0.1) is 0 Å². The summed E-state index contributed by atoms with van der Waals surface area (Å²) in [5, 5.41) is 11.1. The standard InChI is InChI=1S/C10H15NO3/c1-3-5-6-8(10(13)14)7-11-9(12)4-2/h4,7H,2-3,5-6H2,1H3,(H,11,12)(H,13,14). The van der Waals surface area contributed by atoms with Crippen molar-refractivity contribution in [1.29, 1.82) is 0 Å². The number of amides is 1. The predicted molar refractivity (Wildman–Crippen MR) is 53.6 cm³/mol. The topological polar surface area (TPSA) is 66.4 Å². The van der Waals surface area contributed by atoms with Gasteiger partial charge >= 0.3 is 5.97 Å². The third-order valence-electron chi connectivity index (χ3n) is 1.65. The van der Waals surface area contributed by atoms with Gasteiger partial charge in [0.25, 0.3) is 0 Å². The van der Waals surface area contributed by atoms with Gasteiger partial charge in [0.1, 0.15) is 0 Å². The molecule has 0 aromatic heterocycles. The lowest BCUT2D eigenvalue weighted by Gasteiger charge is -2.01. The van der Waals surface area contributed by atoms with Gasteiger partial charge in [0.2, 0.25) is 5.91 Å². The summed E-state index contributed by atoms with van der Waals surface area (Å²) in [7, 11) is 0. The molecule has 4 nitrogen and oxygen atoms in total. The van der Waals surface area contributed by atoms with Crippen LogP contribution in [0.5, 0.6) is 0 Å². The van der Waals surface area contributed by atoms with Gasteiger partial charge in [0.05, 0.1) is 5.57 Å². The second kappa shape index (κ2) is 6.88. The molecule has 0 aromatic rings. The Morgan fingerprint density at radius 3 is 2.57 bits per heavy atom. The van der Waals surface area contributed by atoms with Crippen molar-refractivity contribution in [3.63, 3.8) is 0 Å². The molecule has 0 atom stereocenters. The fraction of sp³-hybridized carbons (Fsp3) is 0.400. The monoisotopic (exact) mass is 197 g/mol. The molecule has 1 amide bonds. The van der Waals surface area contributed by atoms with Gasteiger partial charge in [-0.05, 0) is 18.9 Å². The Labute approximate surface area is 83.3 Å². The zero-order valence-corrected chi connectivity index (χ0v) is 8.25. The summed E-state index contributed by atoms with van der Waals surface area (Å²) in [6.45, 7) is 5.23. The van der Waals surface area contributed by atoms with Crippen molar-refractivity contribution in [2.45, 2.75) is 26.2 Å². The molecule has 2 N–H and O–H groups in total. The number of carbonyl (C=O) groups is 2. The van der Waals surface area contributed by atoms with Crippen molar-refractivity contribution in [3.8, 4) is 0 Å². The van der Waals surface area contributed by atoms with E-state index in [9.17, 15) is 9.59 Å². The van der Waals surface area contributed by atoms with Gasteiger partial charge in [-0.25, -0.2) is 4.79 Å². The molecule has 0 radical (unpaired) electrons. The fourth-order valence-corrected chi connectivity index (χ4v) is 0.825. The minimum absolute atomic E-state index is 0.210. The molecule has 0 aliphatic rings. The average molecular weight is 197 g/mol. The van der Waals surface area contributed by atoms with Crippen LogP contribution in [-0.4, -0.2) is 17.0 Å². The third-order valence-corrected chi connectivity index (χ3v) is 1.65. The van der Waals surface area contributed by atoms with Gasteiger partial charge in [0.15, 0.2) is 0 Å². The van der Waals surface area contributed by atoms with Crippen LogP contribution in [-0.2, 0) is 9.59 Å². The quantitative estimate of drug-likeness (QED) is 0.633. The third kappa shape index (κ3) is 5.13. The molecule has 0 aliphatic carbocycles. The minimum atomic E-state index is -0.997. The molecule has 14 heavy (non-hydrogen) atoms. The van der Waals surface area contributed by atoms with Crippen LogP contribution in [0.3, 0.4) is 0 Å². The maximum atomic E-state index is 10.7. The summed E-state index contributed by atoms with van der Waals surface area (Å²) >= 11 is 0. The average Bonchev–Trinajstić information content (AvgIpc) is 2.16. The summed E-state index contributed by atoms with van der Waals surface area (Å²) in [4.78, 5) is 21.4. The molecule has 78 valence electrons. The fourth-order valence-electron chi connectivity index (χ4n) is 0.825. The summed E-state index contributed by atoms with van der Waals surface area (Å²) in [5.41, 5.74) is 0.210. The number of aliphatic carboxylic acids is 1. The van der Waals surface area contributed by atoms with Crippen molar-refractivity contribution in [1.82, 2.24) is 5.32 Å². The van der Waals surface area contributed by atoms with Crippen LogP contribution in [0.1, 0.15) is 26.2 Å². The number of carbonyl (C=O) groups excluding carboxylic acids is 1. The molecular weight excluding hydrogens is 182 g/mol. The van der Waals surface area contributed by atoms with E-state index in [4.69, 9.17) is 5.11 Å². The zero-order chi connectivity index (χ0) is 11.0. The smallest absolute Gasteiger partial charge is 0.333 e. The first kappa shape index (κ1) is 12.4. The van der Waals surface area contributed by atoms with E-state index in [1.54, 1.807) is 0 Å². The Bertz CT molecular complexity index is 256. The number of rotatable bonds is 6. The van der Waals surface area contributed by atoms with E-state index in [0.29, 0.717) is 6.42 Å². The van der Waals surface area contributed by atoms with Crippen LogP contribution in [0.15, 0.2) is 24.4 Å². The highest BCUT2D eigenvalue weighted by atomic mass is 16.4. The second-order valence-electron chi connectivity index (χ2n) is 2.79. The van der Waals surface area contributed by atoms with E-state index < -0.39 is 11.9 Å². The van der Waals surface area contributed by atoms with Gasteiger partial charge < -0.3 is 10.4 Å². The molecule has 4 heteroatoms. The highest BCUT2D eigenvalue weighted by Crippen LogP contribution is 2.06. The van der Waals surface area contributed by atoms with E-state index in [-0.39, 0.29) is 5.57 Å². The molecular formula is C10H15NO3. The maximum Gasteiger partial charge on any atom is 0.333 e. The Kier molecular flexibility index (Phi) is 6.11. The Hall–Kier alpha value is -1.58. The summed E-state index contributed by atoms with van der Waals surface area (Å²) in [6, 6.07) is 0. The summed E-state index contributed by atoms with van der Waals surface area (Å²) < 4.78 is 0. The van der Waals surface area contributed by atoms with E-state index in [2.05, 4.69) is 11.9 Å². The van der Waals surface area contributed by atoms with Crippen LogP contribution >= 0.6 is 0 Å². The van der Waals surface area contributed by atoms with Gasteiger partial charge in [-0.3, -0.25) is 4.79 Å². The van der Waals surface area contributed by atoms with Crippen molar-refractivity contribution in [2.75, 3.05) is 0 Å². The Morgan fingerprint density at radius 2 is 2.14 bits per heavy atom. The summed E-state index contributed by atoms with van der Waals surface area (Å²) in [6.07, 6.45) is 4.49. The van der Waals surface area contributed by atoms with E-state index >= 15 is 0 Å². The molecule has 0 saturated carbocycles. The van der Waals surface area contributed by atoms with Crippen LogP contribution in [0.2, 0.25) is 0 Å². The molecule has 0 saturated heterocycles. The van der Waals surface area contributed by atoms with Crippen LogP contribution in [0.4, 0.5) is 0 Å². The number of carboxylic acids is 1. The van der Waals surface area contributed by atoms with Crippen LogP contribution in [0.25, 0.3) is 0 Å². The van der Waals surface area contributed by atoms with Crippen molar-refractivity contribution >= 4 is 11.9 Å². The largest absolute Gasteiger partial charge is 0.478 e. The molecule has 0 unspecified atom stereocenters. The predicted octanol–water partition coefficient (Wildman–Crippen LogP) is 1.45. The van der Waals surface area contributed by atoms with Crippen LogP contribution < -0.4 is 5.32 Å².